The zero-order valence-electron chi connectivity index (χ0n) is 20.3. The van der Waals surface area contributed by atoms with Crippen molar-refractivity contribution in [1.29, 1.82) is 0 Å². The van der Waals surface area contributed by atoms with Gasteiger partial charge in [0, 0.05) is 17.3 Å². The smallest absolute Gasteiger partial charge is 0.300 e. The Balaban J connectivity index is 1.80. The van der Waals surface area contributed by atoms with E-state index in [1.165, 1.54) is 11.2 Å². The highest BCUT2D eigenvalue weighted by atomic mass is 16.5. The van der Waals surface area contributed by atoms with Crippen LogP contribution in [0.5, 0.6) is 11.5 Å². The number of aliphatic hydroxyl groups excluding tert-OH is 1. The molecular formula is C28H29NO6. The number of benzene rings is 2. The number of ketones is 1. The molecule has 1 fully saturated rings. The van der Waals surface area contributed by atoms with Crippen molar-refractivity contribution in [3.05, 3.63) is 83.3 Å². The Morgan fingerprint density at radius 2 is 1.89 bits per heavy atom. The Kier molecular flexibility index (Phi) is 6.96. The number of rotatable bonds is 8. The number of amides is 1. The quantitative estimate of drug-likeness (QED) is 0.257. The summed E-state index contributed by atoms with van der Waals surface area (Å²) in [6.07, 6.45) is 1.47. The lowest BCUT2D eigenvalue weighted by molar-refractivity contribution is -0.132. The van der Waals surface area contributed by atoms with Crippen LogP contribution in [0.1, 0.15) is 43.7 Å². The fraction of sp³-hybridized carbons (Fsp3) is 0.286. The van der Waals surface area contributed by atoms with E-state index in [2.05, 4.69) is 13.8 Å². The molecule has 1 aromatic heterocycles. The summed E-state index contributed by atoms with van der Waals surface area (Å²) in [5.41, 5.74) is 1.65. The number of Topliss-reactive ketones (excluding diaryl/α,β-unsaturated/α-hetero) is 1. The molecule has 1 N–H and O–H groups in total. The van der Waals surface area contributed by atoms with Crippen LogP contribution in [0.4, 0.5) is 5.69 Å². The van der Waals surface area contributed by atoms with Gasteiger partial charge in [0.15, 0.2) is 0 Å². The normalized spacial score (nSPS) is 17.3. The molecule has 1 unspecified atom stereocenters. The molecule has 1 atom stereocenters. The van der Waals surface area contributed by atoms with Gasteiger partial charge in [-0.3, -0.25) is 14.5 Å². The van der Waals surface area contributed by atoms with Crippen molar-refractivity contribution >= 4 is 23.1 Å². The molecule has 7 heteroatoms. The monoisotopic (exact) mass is 475 g/mol. The Bertz CT molecular complexity index is 1260. The molecule has 0 bridgehead atoms. The summed E-state index contributed by atoms with van der Waals surface area (Å²) in [6, 6.07) is 14.5. The third kappa shape index (κ3) is 4.80. The second-order valence-electron chi connectivity index (χ2n) is 8.80. The van der Waals surface area contributed by atoms with Gasteiger partial charge in [0.2, 0.25) is 0 Å². The van der Waals surface area contributed by atoms with Crippen LogP contribution >= 0.6 is 0 Å². The first-order chi connectivity index (χ1) is 16.8. The second kappa shape index (κ2) is 10.1. The molecule has 3 aromatic rings. The van der Waals surface area contributed by atoms with Crippen molar-refractivity contribution in [3.8, 4) is 11.5 Å². The second-order valence-corrected chi connectivity index (χ2v) is 8.80. The van der Waals surface area contributed by atoms with Gasteiger partial charge in [-0.15, -0.1) is 0 Å². The molecule has 2 aromatic carbocycles. The van der Waals surface area contributed by atoms with Crippen molar-refractivity contribution in [2.75, 3.05) is 18.1 Å². The summed E-state index contributed by atoms with van der Waals surface area (Å²) in [5.74, 6) is 0.184. The summed E-state index contributed by atoms with van der Waals surface area (Å²) >= 11 is 0. The van der Waals surface area contributed by atoms with Crippen LogP contribution in [0.25, 0.3) is 5.76 Å². The van der Waals surface area contributed by atoms with Gasteiger partial charge in [-0.1, -0.05) is 19.9 Å². The lowest BCUT2D eigenvalue weighted by Gasteiger charge is -2.24. The first-order valence-electron chi connectivity index (χ1n) is 11.6. The fourth-order valence-electron chi connectivity index (χ4n) is 4.08. The summed E-state index contributed by atoms with van der Waals surface area (Å²) < 4.78 is 17.0. The highest BCUT2D eigenvalue weighted by Crippen LogP contribution is 2.43. The number of nitrogens with zero attached hydrogens (tertiary/aromatic N) is 1. The largest absolute Gasteiger partial charge is 0.507 e. The van der Waals surface area contributed by atoms with Gasteiger partial charge in [-0.2, -0.15) is 0 Å². The van der Waals surface area contributed by atoms with E-state index >= 15 is 0 Å². The number of hydrogen-bond donors (Lipinski definition) is 1. The Morgan fingerprint density at radius 1 is 1.09 bits per heavy atom. The molecule has 182 valence electrons. The minimum absolute atomic E-state index is 0.0398. The predicted molar refractivity (Wildman–Crippen MR) is 133 cm³/mol. The van der Waals surface area contributed by atoms with Crippen LogP contribution in [0.3, 0.4) is 0 Å². The van der Waals surface area contributed by atoms with Crippen LogP contribution in [0, 0.1) is 12.8 Å². The number of aryl methyl sites for hydroxylation is 1. The van der Waals surface area contributed by atoms with Crippen molar-refractivity contribution in [1.82, 2.24) is 0 Å². The van der Waals surface area contributed by atoms with Crippen LogP contribution < -0.4 is 14.4 Å². The lowest BCUT2D eigenvalue weighted by atomic mass is 9.98. The van der Waals surface area contributed by atoms with Gasteiger partial charge in [0.25, 0.3) is 11.7 Å². The molecule has 4 rings (SSSR count). The van der Waals surface area contributed by atoms with E-state index in [0.29, 0.717) is 47.6 Å². The van der Waals surface area contributed by atoms with Crippen molar-refractivity contribution < 1.29 is 28.6 Å². The lowest BCUT2D eigenvalue weighted by Crippen LogP contribution is -2.29. The summed E-state index contributed by atoms with van der Waals surface area (Å²) in [7, 11) is 0. The van der Waals surface area contributed by atoms with Gasteiger partial charge in [-0.25, -0.2) is 0 Å². The van der Waals surface area contributed by atoms with E-state index in [-0.39, 0.29) is 11.3 Å². The third-order valence-corrected chi connectivity index (χ3v) is 5.68. The maximum absolute atomic E-state index is 13.2. The molecule has 0 spiro atoms. The minimum Gasteiger partial charge on any atom is -0.507 e. The van der Waals surface area contributed by atoms with Gasteiger partial charge >= 0.3 is 0 Å². The topological polar surface area (TPSA) is 89.2 Å². The Morgan fingerprint density at radius 3 is 2.54 bits per heavy atom. The molecule has 1 amide bonds. The number of carbonyl (C=O) groups excluding carboxylic acids is 2. The Labute approximate surface area is 204 Å². The van der Waals surface area contributed by atoms with Crippen molar-refractivity contribution in [2.24, 2.45) is 5.92 Å². The van der Waals surface area contributed by atoms with E-state index in [1.807, 2.05) is 13.8 Å². The minimum atomic E-state index is -0.931. The number of hydrogen-bond acceptors (Lipinski definition) is 6. The SMILES string of the molecule is CCOc1cccc(N2C(=O)C(=O)/C(=C(\O)c3ccc(OCC(C)C)c(C)c3)C2c2ccco2)c1. The number of aliphatic hydroxyl groups is 1. The molecule has 2 heterocycles. The van der Waals surface area contributed by atoms with E-state index < -0.39 is 17.7 Å². The average Bonchev–Trinajstić information content (AvgIpc) is 3.45. The zero-order chi connectivity index (χ0) is 25.1. The van der Waals surface area contributed by atoms with Crippen LogP contribution in [0.2, 0.25) is 0 Å². The molecule has 0 radical (unpaired) electrons. The average molecular weight is 476 g/mol. The molecule has 35 heavy (non-hydrogen) atoms. The molecule has 1 saturated heterocycles. The van der Waals surface area contributed by atoms with E-state index in [4.69, 9.17) is 13.9 Å². The standard InChI is InChI=1S/C28H29NO6/c1-5-33-21-9-6-8-20(15-21)29-25(23-10-7-13-34-23)24(27(31)28(29)32)26(30)19-11-12-22(18(4)14-19)35-16-17(2)3/h6-15,17,25,30H,5,16H2,1-4H3/b26-24-. The van der Waals surface area contributed by atoms with E-state index in [9.17, 15) is 14.7 Å². The van der Waals surface area contributed by atoms with Crippen LogP contribution in [-0.4, -0.2) is 30.0 Å². The summed E-state index contributed by atoms with van der Waals surface area (Å²) in [6.45, 7) is 8.88. The van der Waals surface area contributed by atoms with Crippen LogP contribution in [-0.2, 0) is 9.59 Å². The van der Waals surface area contributed by atoms with Crippen LogP contribution in [0.15, 0.2) is 70.9 Å². The maximum Gasteiger partial charge on any atom is 0.300 e. The molecule has 1 aliphatic heterocycles. The number of ether oxygens (including phenoxy) is 2. The fourth-order valence-corrected chi connectivity index (χ4v) is 4.08. The number of anilines is 1. The summed E-state index contributed by atoms with van der Waals surface area (Å²) in [4.78, 5) is 27.8. The van der Waals surface area contributed by atoms with Crippen molar-refractivity contribution in [3.63, 3.8) is 0 Å². The maximum atomic E-state index is 13.2. The molecule has 7 nitrogen and oxygen atoms in total. The predicted octanol–water partition coefficient (Wildman–Crippen LogP) is 5.65. The summed E-state index contributed by atoms with van der Waals surface area (Å²) in [5, 5.41) is 11.3. The van der Waals surface area contributed by atoms with Crippen molar-refractivity contribution in [2.45, 2.75) is 33.7 Å². The number of furan rings is 1. The Hall–Kier alpha value is -4.00. The first kappa shape index (κ1) is 24.1. The highest BCUT2D eigenvalue weighted by Gasteiger charge is 2.48. The van der Waals surface area contributed by atoms with E-state index in [0.717, 1.165) is 5.56 Å². The van der Waals surface area contributed by atoms with Gasteiger partial charge in [0.05, 0.1) is 25.1 Å². The van der Waals surface area contributed by atoms with Gasteiger partial charge in [0.1, 0.15) is 29.1 Å². The molecular weight excluding hydrogens is 446 g/mol. The molecule has 0 aliphatic carbocycles. The van der Waals surface area contributed by atoms with E-state index in [1.54, 1.807) is 54.6 Å². The molecule has 1 aliphatic rings. The first-order valence-corrected chi connectivity index (χ1v) is 11.6. The molecule has 0 saturated carbocycles. The highest BCUT2D eigenvalue weighted by molar-refractivity contribution is 6.51. The number of carbonyl (C=O) groups is 2. The van der Waals surface area contributed by atoms with Gasteiger partial charge < -0.3 is 19.0 Å². The zero-order valence-corrected chi connectivity index (χ0v) is 20.3. The van der Waals surface area contributed by atoms with Gasteiger partial charge in [-0.05, 0) is 67.8 Å². The third-order valence-electron chi connectivity index (χ3n) is 5.68.